The summed E-state index contributed by atoms with van der Waals surface area (Å²) in [7, 11) is 0. The molecule has 0 aliphatic rings. The van der Waals surface area contributed by atoms with E-state index in [0.29, 0.717) is 11.2 Å². The topological polar surface area (TPSA) is 93.3 Å². The summed E-state index contributed by atoms with van der Waals surface area (Å²) in [6.45, 7) is 4.12. The number of H-pyrrole nitrogens is 1. The van der Waals surface area contributed by atoms with Gasteiger partial charge in [-0.1, -0.05) is 64.5 Å². The quantitative estimate of drug-likeness (QED) is 0.212. The Bertz CT molecular complexity index is 1630. The lowest BCUT2D eigenvalue weighted by atomic mass is 9.96. The average molecular weight is 558 g/mol. The van der Waals surface area contributed by atoms with Gasteiger partial charge in [0.25, 0.3) is 0 Å². The number of amides is 1. The zero-order chi connectivity index (χ0) is 25.9. The van der Waals surface area contributed by atoms with Crippen molar-refractivity contribution < 1.29 is 19.1 Å². The van der Waals surface area contributed by atoms with Crippen molar-refractivity contribution in [3.05, 3.63) is 94.2 Å². The number of hydrogen-bond acceptors (Lipinski definition) is 5. The third-order valence-corrected chi connectivity index (χ3v) is 6.62. The number of nitrogens with one attached hydrogen (secondary N) is 2. The number of aromatic amines is 1. The first kappa shape index (κ1) is 24.5. The minimum absolute atomic E-state index is 0.177. The van der Waals surface area contributed by atoms with Gasteiger partial charge in [0.15, 0.2) is 5.69 Å². The summed E-state index contributed by atoms with van der Waals surface area (Å²) in [5.74, 6) is -0.488. The lowest BCUT2D eigenvalue weighted by molar-refractivity contribution is 0.0522. The molecule has 0 atom stereocenters. The Morgan fingerprint density at radius 3 is 2.59 bits per heavy atom. The van der Waals surface area contributed by atoms with Crippen LogP contribution in [0.2, 0.25) is 0 Å². The van der Waals surface area contributed by atoms with Crippen LogP contribution < -0.4 is 5.32 Å². The Morgan fingerprint density at radius 1 is 1.00 bits per heavy atom. The molecular weight excluding hydrogens is 534 g/mol. The van der Waals surface area contributed by atoms with Crippen LogP contribution in [-0.2, 0) is 16.1 Å². The van der Waals surface area contributed by atoms with Crippen LogP contribution in [0.3, 0.4) is 0 Å². The second kappa shape index (κ2) is 10.4. The van der Waals surface area contributed by atoms with Crippen molar-refractivity contribution in [2.45, 2.75) is 20.5 Å². The van der Waals surface area contributed by atoms with Crippen LogP contribution in [0.1, 0.15) is 28.5 Å². The Morgan fingerprint density at radius 2 is 1.81 bits per heavy atom. The van der Waals surface area contributed by atoms with Gasteiger partial charge in [0, 0.05) is 38.2 Å². The molecule has 3 aromatic carbocycles. The fourth-order valence-electron chi connectivity index (χ4n) is 4.38. The Labute approximate surface area is 221 Å². The number of rotatable bonds is 6. The standard InChI is InChI=1S/C29H24BrN3O4/c1-3-36-28(34)27-26-25(21-13-12-19(30)14-24(21)32-26)22(15-31-27)20-10-7-11-23(17(20)2)33-29(35)37-16-18-8-5-4-6-9-18/h4-15,32H,3,16H2,1-2H3,(H,33,35). The first-order chi connectivity index (χ1) is 18.0. The third-order valence-electron chi connectivity index (χ3n) is 6.13. The van der Waals surface area contributed by atoms with Gasteiger partial charge in [-0.15, -0.1) is 0 Å². The SMILES string of the molecule is CCOC(=O)c1ncc(-c2cccc(NC(=O)OCc3ccccc3)c2C)c2c1[nH]c1cc(Br)ccc12. The summed E-state index contributed by atoms with van der Waals surface area (Å²) in [5.41, 5.74) is 5.77. The highest BCUT2D eigenvalue weighted by atomic mass is 79.9. The van der Waals surface area contributed by atoms with Crippen LogP contribution in [0.5, 0.6) is 0 Å². The number of ether oxygens (including phenoxy) is 2. The molecule has 0 aliphatic heterocycles. The van der Waals surface area contributed by atoms with E-state index in [-0.39, 0.29) is 18.9 Å². The molecule has 5 aromatic rings. The van der Waals surface area contributed by atoms with Crippen molar-refractivity contribution in [2.24, 2.45) is 0 Å². The average Bonchev–Trinajstić information content (AvgIpc) is 3.27. The van der Waals surface area contributed by atoms with Gasteiger partial charge in [0.1, 0.15) is 6.61 Å². The number of pyridine rings is 1. The van der Waals surface area contributed by atoms with Gasteiger partial charge >= 0.3 is 12.1 Å². The fourth-order valence-corrected chi connectivity index (χ4v) is 4.74. The summed E-state index contributed by atoms with van der Waals surface area (Å²) in [5, 5.41) is 4.65. The maximum Gasteiger partial charge on any atom is 0.411 e. The molecule has 0 saturated carbocycles. The number of aromatic nitrogens is 2. The predicted octanol–water partition coefficient (Wildman–Crippen LogP) is 7.38. The van der Waals surface area contributed by atoms with Crippen LogP contribution in [0, 0.1) is 6.92 Å². The number of anilines is 1. The molecule has 8 heteroatoms. The van der Waals surface area contributed by atoms with E-state index in [4.69, 9.17) is 9.47 Å². The summed E-state index contributed by atoms with van der Waals surface area (Å²) in [6.07, 6.45) is 1.14. The highest BCUT2D eigenvalue weighted by Crippen LogP contribution is 2.39. The van der Waals surface area contributed by atoms with Crippen LogP contribution in [-0.4, -0.2) is 28.6 Å². The Kier molecular flexibility index (Phi) is 6.92. The smallest absolute Gasteiger partial charge is 0.411 e. The summed E-state index contributed by atoms with van der Waals surface area (Å²) >= 11 is 3.52. The fraction of sp³-hybridized carbons (Fsp3) is 0.138. The van der Waals surface area contributed by atoms with Gasteiger partial charge in [-0.2, -0.15) is 0 Å². The number of carbonyl (C=O) groups excluding carboxylic acids is 2. The predicted molar refractivity (Wildman–Crippen MR) is 148 cm³/mol. The molecule has 2 aromatic heterocycles. The van der Waals surface area contributed by atoms with Crippen molar-refractivity contribution in [3.8, 4) is 11.1 Å². The van der Waals surface area contributed by atoms with Crippen molar-refractivity contribution >= 4 is 55.5 Å². The van der Waals surface area contributed by atoms with Crippen LogP contribution in [0.15, 0.2) is 77.4 Å². The molecule has 186 valence electrons. The number of fused-ring (bicyclic) bond motifs is 3. The largest absolute Gasteiger partial charge is 0.461 e. The van der Waals surface area contributed by atoms with E-state index in [0.717, 1.165) is 43.0 Å². The summed E-state index contributed by atoms with van der Waals surface area (Å²) < 4.78 is 11.6. The molecule has 0 radical (unpaired) electrons. The van der Waals surface area contributed by atoms with Crippen molar-refractivity contribution in [1.29, 1.82) is 0 Å². The Hall–Kier alpha value is -4.17. The van der Waals surface area contributed by atoms with E-state index in [2.05, 4.69) is 31.2 Å². The molecule has 0 fully saturated rings. The molecule has 5 rings (SSSR count). The zero-order valence-electron chi connectivity index (χ0n) is 20.3. The van der Waals surface area contributed by atoms with Crippen molar-refractivity contribution in [3.63, 3.8) is 0 Å². The number of hydrogen-bond donors (Lipinski definition) is 2. The van der Waals surface area contributed by atoms with Gasteiger partial charge in [0.2, 0.25) is 0 Å². The van der Waals surface area contributed by atoms with E-state index in [1.807, 2.05) is 73.7 Å². The molecule has 7 nitrogen and oxygen atoms in total. The van der Waals surface area contributed by atoms with Crippen molar-refractivity contribution in [1.82, 2.24) is 9.97 Å². The molecule has 0 bridgehead atoms. The lowest BCUT2D eigenvalue weighted by Gasteiger charge is -2.14. The first-order valence-electron chi connectivity index (χ1n) is 11.8. The number of benzene rings is 3. The molecule has 37 heavy (non-hydrogen) atoms. The van der Waals surface area contributed by atoms with Gasteiger partial charge in [-0.25, -0.2) is 14.6 Å². The molecule has 0 saturated heterocycles. The maximum absolute atomic E-state index is 12.7. The van der Waals surface area contributed by atoms with Gasteiger partial charge in [0.05, 0.1) is 12.1 Å². The molecular formula is C29H24BrN3O4. The minimum atomic E-state index is -0.540. The number of esters is 1. The normalized spacial score (nSPS) is 11.0. The monoisotopic (exact) mass is 557 g/mol. The summed E-state index contributed by atoms with van der Waals surface area (Å²) in [6, 6.07) is 21.1. The minimum Gasteiger partial charge on any atom is -0.461 e. The molecule has 0 unspecified atom stereocenters. The van der Waals surface area contributed by atoms with Crippen LogP contribution in [0.25, 0.3) is 32.9 Å². The van der Waals surface area contributed by atoms with E-state index in [1.165, 1.54) is 0 Å². The second-order valence-electron chi connectivity index (χ2n) is 8.47. The van der Waals surface area contributed by atoms with Gasteiger partial charge in [-0.3, -0.25) is 5.32 Å². The number of nitrogens with zero attached hydrogens (tertiary/aromatic N) is 1. The number of carbonyl (C=O) groups is 2. The highest BCUT2D eigenvalue weighted by Gasteiger charge is 2.21. The zero-order valence-corrected chi connectivity index (χ0v) is 21.9. The number of halogens is 1. The Balaban J connectivity index is 1.55. The van der Waals surface area contributed by atoms with Crippen LogP contribution in [0.4, 0.5) is 10.5 Å². The van der Waals surface area contributed by atoms with E-state index in [9.17, 15) is 9.59 Å². The molecule has 0 aliphatic carbocycles. The maximum atomic E-state index is 12.7. The molecule has 2 heterocycles. The van der Waals surface area contributed by atoms with Gasteiger partial charge < -0.3 is 14.5 Å². The van der Waals surface area contributed by atoms with Crippen LogP contribution >= 0.6 is 15.9 Å². The van der Waals surface area contributed by atoms with E-state index < -0.39 is 12.1 Å². The molecule has 1 amide bonds. The molecule has 2 N–H and O–H groups in total. The summed E-state index contributed by atoms with van der Waals surface area (Å²) in [4.78, 5) is 33.1. The third kappa shape index (κ3) is 4.93. The highest BCUT2D eigenvalue weighted by molar-refractivity contribution is 9.10. The lowest BCUT2D eigenvalue weighted by Crippen LogP contribution is -2.14. The molecule has 0 spiro atoms. The second-order valence-corrected chi connectivity index (χ2v) is 9.39. The van der Waals surface area contributed by atoms with Crippen molar-refractivity contribution in [2.75, 3.05) is 11.9 Å². The van der Waals surface area contributed by atoms with E-state index in [1.54, 1.807) is 13.1 Å². The van der Waals surface area contributed by atoms with E-state index >= 15 is 0 Å². The van der Waals surface area contributed by atoms with Gasteiger partial charge in [-0.05, 0) is 48.7 Å². The first-order valence-corrected chi connectivity index (χ1v) is 12.6.